The molecule has 0 saturated carbocycles. The predicted molar refractivity (Wildman–Crippen MR) is 99.4 cm³/mol. The number of thiazole rings is 1. The summed E-state index contributed by atoms with van der Waals surface area (Å²) in [5.41, 5.74) is -0.544. The van der Waals surface area contributed by atoms with Crippen LogP contribution in [0.25, 0.3) is 21.1 Å². The average molecular weight is 412 g/mol. The summed E-state index contributed by atoms with van der Waals surface area (Å²) < 4.78 is 64.6. The summed E-state index contributed by atoms with van der Waals surface area (Å²) in [6, 6.07) is 9.33. The first-order valence-electron chi connectivity index (χ1n) is 8.51. The van der Waals surface area contributed by atoms with Gasteiger partial charge in [0.15, 0.2) is 0 Å². The Morgan fingerprint density at radius 3 is 2.25 bits per heavy atom. The van der Waals surface area contributed by atoms with Gasteiger partial charge in [0.1, 0.15) is 10.8 Å². The lowest BCUT2D eigenvalue weighted by Crippen LogP contribution is -2.38. The van der Waals surface area contributed by atoms with Crippen molar-refractivity contribution in [2.45, 2.75) is 38.5 Å². The molecule has 1 aromatic carbocycles. The SMILES string of the molecule is Cc1nc(-c2ccc(F)cc2)sc1-c1ccc(CCC(C)(F)C(F)(F)F)cn1. The van der Waals surface area contributed by atoms with Crippen LogP contribution in [-0.2, 0) is 6.42 Å². The molecule has 1 unspecified atom stereocenters. The van der Waals surface area contributed by atoms with Crippen LogP contribution < -0.4 is 0 Å². The van der Waals surface area contributed by atoms with Crippen LogP contribution in [0.2, 0.25) is 0 Å². The van der Waals surface area contributed by atoms with Gasteiger partial charge in [0, 0.05) is 11.8 Å². The molecule has 0 fully saturated rings. The Labute approximate surface area is 163 Å². The second-order valence-corrected chi connectivity index (χ2v) is 7.69. The van der Waals surface area contributed by atoms with Gasteiger partial charge in [-0.05, 0) is 62.6 Å². The molecule has 8 heteroatoms. The van der Waals surface area contributed by atoms with E-state index in [1.165, 1.54) is 29.7 Å². The molecule has 0 amide bonds. The molecule has 2 aromatic heterocycles. The van der Waals surface area contributed by atoms with Gasteiger partial charge in [0.25, 0.3) is 0 Å². The van der Waals surface area contributed by atoms with Crippen molar-refractivity contribution in [1.82, 2.24) is 9.97 Å². The van der Waals surface area contributed by atoms with E-state index in [-0.39, 0.29) is 12.2 Å². The van der Waals surface area contributed by atoms with Crippen LogP contribution in [0.1, 0.15) is 24.6 Å². The maximum Gasteiger partial charge on any atom is 0.422 e. The number of alkyl halides is 4. The first kappa shape index (κ1) is 20.4. The zero-order valence-electron chi connectivity index (χ0n) is 15.1. The average Bonchev–Trinajstić information content (AvgIpc) is 3.02. The number of pyridine rings is 1. The minimum Gasteiger partial charge on any atom is -0.255 e. The lowest BCUT2D eigenvalue weighted by atomic mass is 9.98. The highest BCUT2D eigenvalue weighted by molar-refractivity contribution is 7.18. The maximum absolute atomic E-state index is 13.7. The van der Waals surface area contributed by atoms with Gasteiger partial charge >= 0.3 is 6.18 Å². The van der Waals surface area contributed by atoms with Crippen molar-refractivity contribution in [2.75, 3.05) is 0 Å². The van der Waals surface area contributed by atoms with E-state index >= 15 is 0 Å². The predicted octanol–water partition coefficient (Wildman–Crippen LogP) is 6.54. The molecule has 1 atom stereocenters. The molecule has 0 aliphatic carbocycles. The van der Waals surface area contributed by atoms with Crippen molar-refractivity contribution in [3.63, 3.8) is 0 Å². The Bertz CT molecular complexity index is 944. The summed E-state index contributed by atoms with van der Waals surface area (Å²) in [4.78, 5) is 9.60. The number of hydrogen-bond donors (Lipinski definition) is 0. The van der Waals surface area contributed by atoms with Crippen LogP contribution in [0, 0.1) is 12.7 Å². The summed E-state index contributed by atoms with van der Waals surface area (Å²) >= 11 is 1.39. The molecule has 0 radical (unpaired) electrons. The summed E-state index contributed by atoms with van der Waals surface area (Å²) in [6.45, 7) is 2.37. The number of nitrogens with zero attached hydrogens (tertiary/aromatic N) is 2. The Morgan fingerprint density at radius 1 is 1.00 bits per heavy atom. The van der Waals surface area contributed by atoms with Gasteiger partial charge in [-0.25, -0.2) is 13.8 Å². The van der Waals surface area contributed by atoms with Gasteiger partial charge in [0.05, 0.1) is 16.3 Å². The van der Waals surface area contributed by atoms with Gasteiger partial charge in [-0.3, -0.25) is 4.98 Å². The summed E-state index contributed by atoms with van der Waals surface area (Å²) in [6.07, 6.45) is -4.16. The van der Waals surface area contributed by atoms with Crippen LogP contribution in [0.5, 0.6) is 0 Å². The fourth-order valence-corrected chi connectivity index (χ4v) is 3.63. The van der Waals surface area contributed by atoms with Gasteiger partial charge in [-0.15, -0.1) is 11.3 Å². The largest absolute Gasteiger partial charge is 0.422 e. The standard InChI is InChI=1S/C20H17F5N2S/c1-12-17(28-18(27-12)14-4-6-15(21)7-5-14)16-8-3-13(11-26-16)9-10-19(2,22)20(23,24)25/h3-8,11H,9-10H2,1-2H3. The molecule has 148 valence electrons. The van der Waals surface area contributed by atoms with Crippen molar-refractivity contribution in [1.29, 1.82) is 0 Å². The Hall–Kier alpha value is -2.35. The van der Waals surface area contributed by atoms with Crippen LogP contribution in [-0.4, -0.2) is 21.8 Å². The second kappa shape index (κ2) is 7.58. The molecule has 2 nitrogen and oxygen atoms in total. The van der Waals surface area contributed by atoms with E-state index in [1.807, 2.05) is 6.92 Å². The minimum atomic E-state index is -4.89. The monoisotopic (exact) mass is 412 g/mol. The Balaban J connectivity index is 1.76. The third-order valence-corrected chi connectivity index (χ3v) is 5.65. The van der Waals surface area contributed by atoms with Crippen molar-refractivity contribution in [3.05, 3.63) is 59.7 Å². The van der Waals surface area contributed by atoms with E-state index in [0.717, 1.165) is 21.1 Å². The third-order valence-electron chi connectivity index (χ3n) is 4.42. The van der Waals surface area contributed by atoms with Gasteiger partial charge in [-0.2, -0.15) is 13.2 Å². The summed E-state index contributed by atoms with van der Waals surface area (Å²) in [5, 5.41) is 0.719. The molecule has 3 rings (SSSR count). The lowest BCUT2D eigenvalue weighted by molar-refractivity contribution is -0.225. The molecule has 28 heavy (non-hydrogen) atoms. The Kier molecular flexibility index (Phi) is 5.52. The quantitative estimate of drug-likeness (QED) is 0.445. The zero-order chi connectivity index (χ0) is 20.5. The van der Waals surface area contributed by atoms with Crippen molar-refractivity contribution < 1.29 is 22.0 Å². The number of halogens is 5. The summed E-state index contributed by atoms with van der Waals surface area (Å²) in [7, 11) is 0. The van der Waals surface area contributed by atoms with Gasteiger partial charge in [0.2, 0.25) is 5.67 Å². The first-order chi connectivity index (χ1) is 13.1. The highest BCUT2D eigenvalue weighted by Crippen LogP contribution is 2.37. The Morgan fingerprint density at radius 2 is 1.68 bits per heavy atom. The maximum atomic E-state index is 13.7. The number of benzene rings is 1. The van der Waals surface area contributed by atoms with E-state index in [0.29, 0.717) is 18.2 Å². The van der Waals surface area contributed by atoms with Crippen molar-refractivity contribution >= 4 is 11.3 Å². The molecule has 2 heterocycles. The molecule has 3 aromatic rings. The highest BCUT2D eigenvalue weighted by atomic mass is 32.1. The molecule has 0 aliphatic rings. The van der Waals surface area contributed by atoms with E-state index < -0.39 is 18.3 Å². The second-order valence-electron chi connectivity index (χ2n) is 6.69. The minimum absolute atomic E-state index is 0.0672. The molecular formula is C20H17F5N2S. The van der Waals surface area contributed by atoms with Crippen LogP contribution in [0.3, 0.4) is 0 Å². The number of aromatic nitrogens is 2. The van der Waals surface area contributed by atoms with Gasteiger partial charge in [-0.1, -0.05) is 6.07 Å². The van der Waals surface area contributed by atoms with Gasteiger partial charge < -0.3 is 0 Å². The van der Waals surface area contributed by atoms with Crippen molar-refractivity contribution in [3.8, 4) is 21.1 Å². The van der Waals surface area contributed by atoms with E-state index in [2.05, 4.69) is 9.97 Å². The topological polar surface area (TPSA) is 25.8 Å². The zero-order valence-corrected chi connectivity index (χ0v) is 16.0. The molecule has 0 bridgehead atoms. The molecule has 0 aliphatic heterocycles. The molecule has 0 N–H and O–H groups in total. The lowest BCUT2D eigenvalue weighted by Gasteiger charge is -2.23. The molecule has 0 saturated heterocycles. The molecular weight excluding hydrogens is 395 g/mol. The normalized spacial score (nSPS) is 14.1. The fourth-order valence-electron chi connectivity index (χ4n) is 2.58. The number of hydrogen-bond acceptors (Lipinski definition) is 3. The van der Waals surface area contributed by atoms with E-state index in [9.17, 15) is 22.0 Å². The van der Waals surface area contributed by atoms with Crippen molar-refractivity contribution in [2.24, 2.45) is 0 Å². The molecule has 0 spiro atoms. The highest BCUT2D eigenvalue weighted by Gasteiger charge is 2.51. The smallest absolute Gasteiger partial charge is 0.255 e. The third kappa shape index (κ3) is 4.38. The number of aryl methyl sites for hydroxylation is 2. The summed E-state index contributed by atoms with van der Waals surface area (Å²) in [5.74, 6) is -0.329. The van der Waals surface area contributed by atoms with Crippen LogP contribution in [0.15, 0.2) is 42.6 Å². The fraction of sp³-hybridized carbons (Fsp3) is 0.300. The van der Waals surface area contributed by atoms with E-state index in [4.69, 9.17) is 0 Å². The number of rotatable bonds is 5. The first-order valence-corrected chi connectivity index (χ1v) is 9.33. The van der Waals surface area contributed by atoms with Crippen LogP contribution >= 0.6 is 11.3 Å². The van der Waals surface area contributed by atoms with Crippen LogP contribution in [0.4, 0.5) is 22.0 Å². The van der Waals surface area contributed by atoms with E-state index in [1.54, 1.807) is 24.3 Å².